The molecule has 0 bridgehead atoms. The molecule has 0 spiro atoms. The third kappa shape index (κ3) is 3.64. The molecule has 0 aliphatic carbocycles. The lowest BCUT2D eigenvalue weighted by molar-refractivity contribution is -0.385. The number of hydrogen-bond donors (Lipinski definition) is 1. The van der Waals surface area contributed by atoms with E-state index in [4.69, 9.17) is 5.26 Å². The molecule has 90 valence electrons. The summed E-state index contributed by atoms with van der Waals surface area (Å²) < 4.78 is 0. The Labute approximate surface area is 104 Å². The van der Waals surface area contributed by atoms with E-state index in [9.17, 15) is 10.1 Å². The minimum absolute atomic E-state index is 0.0800. The van der Waals surface area contributed by atoms with Gasteiger partial charge in [-0.05, 0) is 25.3 Å². The summed E-state index contributed by atoms with van der Waals surface area (Å²) in [5.41, 5.74) is 0.653. The zero-order valence-corrected chi connectivity index (χ0v) is 10.5. The number of hydrogen-bond acceptors (Lipinski definition) is 5. The summed E-state index contributed by atoms with van der Waals surface area (Å²) in [6.45, 7) is 2.02. The van der Waals surface area contributed by atoms with Crippen LogP contribution in [0.4, 0.5) is 11.4 Å². The third-order valence-corrected chi connectivity index (χ3v) is 2.98. The minimum Gasteiger partial charge on any atom is -0.382 e. The molecule has 0 radical (unpaired) electrons. The molecule has 0 aliphatic heterocycles. The largest absolute Gasteiger partial charge is 0.382 e. The van der Waals surface area contributed by atoms with Crippen LogP contribution in [0.5, 0.6) is 0 Å². The molecule has 0 aliphatic rings. The molecule has 1 N–H and O–H groups in total. The number of thioether (sulfide) groups is 1. The van der Waals surface area contributed by atoms with Crippen LogP contribution in [0.2, 0.25) is 0 Å². The molecule has 1 unspecified atom stereocenters. The van der Waals surface area contributed by atoms with Gasteiger partial charge < -0.3 is 5.32 Å². The summed E-state index contributed by atoms with van der Waals surface area (Å²) >= 11 is 1.71. The van der Waals surface area contributed by atoms with Gasteiger partial charge in [0, 0.05) is 23.5 Å². The van der Waals surface area contributed by atoms with Gasteiger partial charge in [-0.15, -0.1) is 0 Å². The van der Waals surface area contributed by atoms with Gasteiger partial charge in [-0.3, -0.25) is 10.1 Å². The molecule has 5 nitrogen and oxygen atoms in total. The van der Waals surface area contributed by atoms with E-state index in [-0.39, 0.29) is 17.3 Å². The van der Waals surface area contributed by atoms with Gasteiger partial charge in [0.15, 0.2) is 0 Å². The average molecular weight is 251 g/mol. The summed E-state index contributed by atoms with van der Waals surface area (Å²) in [5, 5.41) is 22.7. The molecule has 1 aromatic carbocycles. The number of nitrogens with zero attached hydrogens (tertiary/aromatic N) is 2. The van der Waals surface area contributed by atoms with Crippen molar-refractivity contribution in [1.29, 1.82) is 5.26 Å². The van der Waals surface area contributed by atoms with E-state index in [1.807, 2.05) is 19.2 Å². The smallest absolute Gasteiger partial charge is 0.287 e. The van der Waals surface area contributed by atoms with Crippen LogP contribution >= 0.6 is 11.8 Å². The molecule has 1 aromatic rings. The maximum atomic E-state index is 10.6. The first-order valence-electron chi connectivity index (χ1n) is 5.02. The van der Waals surface area contributed by atoms with Crippen LogP contribution in [0.25, 0.3) is 0 Å². The number of rotatable bonds is 5. The first-order chi connectivity index (χ1) is 8.08. The van der Waals surface area contributed by atoms with Crippen molar-refractivity contribution in [2.24, 2.45) is 0 Å². The normalized spacial score (nSPS) is 11.6. The van der Waals surface area contributed by atoms with Crippen molar-refractivity contribution in [1.82, 2.24) is 0 Å². The summed E-state index contributed by atoms with van der Waals surface area (Å²) in [4.78, 5) is 10.1. The van der Waals surface area contributed by atoms with Gasteiger partial charge in [0.1, 0.15) is 11.6 Å². The van der Waals surface area contributed by atoms with Crippen molar-refractivity contribution in [3.05, 3.63) is 33.9 Å². The number of nitro benzene ring substituents is 1. The standard InChI is InChI=1S/C11H13N3O2S/c1-8(7-17-2)13-10-3-4-11(14(15)16)9(5-10)6-12/h3-5,8,13H,7H2,1-2H3. The fourth-order valence-electron chi connectivity index (χ4n) is 1.45. The van der Waals surface area contributed by atoms with Crippen LogP contribution in [0, 0.1) is 21.4 Å². The summed E-state index contributed by atoms with van der Waals surface area (Å²) in [5.74, 6) is 0.929. The highest BCUT2D eigenvalue weighted by atomic mass is 32.2. The first kappa shape index (κ1) is 13.3. The van der Waals surface area contributed by atoms with E-state index >= 15 is 0 Å². The Morgan fingerprint density at radius 1 is 1.65 bits per heavy atom. The van der Waals surface area contributed by atoms with Gasteiger partial charge in [0.25, 0.3) is 5.69 Å². The Morgan fingerprint density at radius 2 is 2.35 bits per heavy atom. The summed E-state index contributed by atoms with van der Waals surface area (Å²) in [7, 11) is 0. The van der Waals surface area contributed by atoms with Crippen LogP contribution in [-0.4, -0.2) is 23.0 Å². The van der Waals surface area contributed by atoms with E-state index in [0.29, 0.717) is 0 Å². The molecule has 1 rings (SSSR count). The van der Waals surface area contributed by atoms with Crippen molar-refractivity contribution >= 4 is 23.1 Å². The lowest BCUT2D eigenvalue weighted by Gasteiger charge is -2.13. The van der Waals surface area contributed by atoms with Crippen LogP contribution in [0.15, 0.2) is 18.2 Å². The Bertz CT molecular complexity index is 457. The van der Waals surface area contributed by atoms with E-state index in [1.54, 1.807) is 17.8 Å². The highest BCUT2D eigenvalue weighted by Gasteiger charge is 2.14. The number of anilines is 1. The fraction of sp³-hybridized carbons (Fsp3) is 0.364. The number of nitrogens with one attached hydrogen (secondary N) is 1. The van der Waals surface area contributed by atoms with Gasteiger partial charge >= 0.3 is 0 Å². The van der Waals surface area contributed by atoms with Gasteiger partial charge in [-0.2, -0.15) is 17.0 Å². The zero-order chi connectivity index (χ0) is 12.8. The topological polar surface area (TPSA) is 79.0 Å². The van der Waals surface area contributed by atoms with Gasteiger partial charge in [-0.25, -0.2) is 0 Å². The highest BCUT2D eigenvalue weighted by Crippen LogP contribution is 2.22. The fourth-order valence-corrected chi connectivity index (χ4v) is 2.03. The van der Waals surface area contributed by atoms with Crippen LogP contribution in [-0.2, 0) is 0 Å². The highest BCUT2D eigenvalue weighted by molar-refractivity contribution is 7.98. The van der Waals surface area contributed by atoms with Crippen molar-refractivity contribution in [2.45, 2.75) is 13.0 Å². The van der Waals surface area contributed by atoms with E-state index in [0.717, 1.165) is 11.4 Å². The Kier molecular flexibility index (Phi) is 4.79. The lowest BCUT2D eigenvalue weighted by Crippen LogP contribution is -2.17. The number of benzene rings is 1. The van der Waals surface area contributed by atoms with Crippen LogP contribution in [0.1, 0.15) is 12.5 Å². The van der Waals surface area contributed by atoms with E-state index in [2.05, 4.69) is 5.32 Å². The zero-order valence-electron chi connectivity index (χ0n) is 9.64. The van der Waals surface area contributed by atoms with Gasteiger partial charge in [0.05, 0.1) is 4.92 Å². The van der Waals surface area contributed by atoms with Crippen LogP contribution in [0.3, 0.4) is 0 Å². The quantitative estimate of drug-likeness (QED) is 0.642. The second kappa shape index (κ2) is 6.11. The van der Waals surface area contributed by atoms with Crippen molar-refractivity contribution < 1.29 is 4.92 Å². The molecule has 0 amide bonds. The molecule has 0 fully saturated rings. The molecule has 0 aromatic heterocycles. The van der Waals surface area contributed by atoms with Crippen LogP contribution < -0.4 is 5.32 Å². The lowest BCUT2D eigenvalue weighted by atomic mass is 10.1. The molecular formula is C11H13N3O2S. The number of nitriles is 1. The minimum atomic E-state index is -0.548. The Balaban J connectivity index is 2.91. The molecule has 0 heterocycles. The van der Waals surface area contributed by atoms with Gasteiger partial charge in [0.2, 0.25) is 0 Å². The molecule has 0 saturated carbocycles. The van der Waals surface area contributed by atoms with Crippen molar-refractivity contribution in [2.75, 3.05) is 17.3 Å². The maximum Gasteiger partial charge on any atom is 0.287 e. The predicted octanol–water partition coefficient (Wildman–Crippen LogP) is 2.63. The number of nitro groups is 1. The maximum absolute atomic E-state index is 10.6. The van der Waals surface area contributed by atoms with Crippen molar-refractivity contribution in [3.8, 4) is 6.07 Å². The van der Waals surface area contributed by atoms with Crippen molar-refractivity contribution in [3.63, 3.8) is 0 Å². The molecule has 17 heavy (non-hydrogen) atoms. The molecule has 0 saturated heterocycles. The molecule has 1 atom stereocenters. The average Bonchev–Trinajstić information content (AvgIpc) is 2.28. The van der Waals surface area contributed by atoms with E-state index in [1.165, 1.54) is 12.1 Å². The second-order valence-electron chi connectivity index (χ2n) is 3.60. The molecule has 6 heteroatoms. The predicted molar refractivity (Wildman–Crippen MR) is 69.3 cm³/mol. The van der Waals surface area contributed by atoms with E-state index < -0.39 is 4.92 Å². The summed E-state index contributed by atoms with van der Waals surface area (Å²) in [6.07, 6.45) is 2.01. The Morgan fingerprint density at radius 3 is 2.88 bits per heavy atom. The SMILES string of the molecule is CSCC(C)Nc1ccc([N+](=O)[O-])c(C#N)c1. The Hall–Kier alpha value is -1.74. The third-order valence-electron chi connectivity index (χ3n) is 2.14. The summed E-state index contributed by atoms with van der Waals surface area (Å²) in [6, 6.07) is 6.57. The second-order valence-corrected chi connectivity index (χ2v) is 4.51. The first-order valence-corrected chi connectivity index (χ1v) is 6.42. The molecular weight excluding hydrogens is 238 g/mol. The monoisotopic (exact) mass is 251 g/mol. The van der Waals surface area contributed by atoms with Gasteiger partial charge in [-0.1, -0.05) is 0 Å².